The van der Waals surface area contributed by atoms with E-state index < -0.39 is 0 Å². The summed E-state index contributed by atoms with van der Waals surface area (Å²) in [5, 5.41) is 2.90. The topological polar surface area (TPSA) is 96.6 Å². The van der Waals surface area contributed by atoms with E-state index in [1.807, 2.05) is 50.4 Å². The highest BCUT2D eigenvalue weighted by atomic mass is 16.5. The molecule has 0 atom stereocenters. The number of fused-ring (bicyclic) bond motifs is 1. The van der Waals surface area contributed by atoms with Crippen LogP contribution in [0.2, 0.25) is 0 Å². The van der Waals surface area contributed by atoms with E-state index in [2.05, 4.69) is 20.2 Å². The third kappa shape index (κ3) is 4.41. The number of hydrogen-bond acceptors (Lipinski definition) is 6. The van der Waals surface area contributed by atoms with Crippen molar-refractivity contribution in [1.82, 2.24) is 15.3 Å². The molecule has 0 spiro atoms. The summed E-state index contributed by atoms with van der Waals surface area (Å²) in [6.45, 7) is 7.53. The first-order valence-electron chi connectivity index (χ1n) is 11.6. The number of anilines is 1. The molecule has 4 heterocycles. The summed E-state index contributed by atoms with van der Waals surface area (Å²) < 4.78 is 11.3. The lowest BCUT2D eigenvalue weighted by atomic mass is 9.98. The molecule has 5 rings (SSSR count). The summed E-state index contributed by atoms with van der Waals surface area (Å²) in [6, 6.07) is 9.65. The van der Waals surface area contributed by atoms with Gasteiger partial charge in [-0.25, -0.2) is 4.98 Å². The van der Waals surface area contributed by atoms with Crippen LogP contribution in [0.25, 0.3) is 11.1 Å². The van der Waals surface area contributed by atoms with Crippen molar-refractivity contribution in [3.63, 3.8) is 0 Å². The van der Waals surface area contributed by atoms with E-state index in [0.29, 0.717) is 30.9 Å². The van der Waals surface area contributed by atoms with Gasteiger partial charge in [-0.05, 0) is 55.3 Å². The van der Waals surface area contributed by atoms with Gasteiger partial charge in [0.2, 0.25) is 0 Å². The van der Waals surface area contributed by atoms with Crippen molar-refractivity contribution in [3.05, 3.63) is 74.8 Å². The predicted molar refractivity (Wildman–Crippen MR) is 130 cm³/mol. The first-order valence-corrected chi connectivity index (χ1v) is 11.6. The predicted octanol–water partition coefficient (Wildman–Crippen LogP) is 2.76. The molecule has 8 heteroatoms. The second-order valence-corrected chi connectivity index (χ2v) is 8.74. The maximum Gasteiger partial charge on any atom is 0.253 e. The van der Waals surface area contributed by atoms with Crippen molar-refractivity contribution in [3.8, 4) is 16.9 Å². The van der Waals surface area contributed by atoms with Gasteiger partial charge in [0.1, 0.15) is 11.6 Å². The summed E-state index contributed by atoms with van der Waals surface area (Å²) in [5.41, 5.74) is 5.34. The summed E-state index contributed by atoms with van der Waals surface area (Å²) in [7, 11) is 0. The summed E-state index contributed by atoms with van der Waals surface area (Å²) in [5.74, 6) is 1.49. The normalized spacial score (nSPS) is 15.1. The van der Waals surface area contributed by atoms with E-state index in [1.165, 1.54) is 0 Å². The molecule has 0 saturated carbocycles. The number of aromatic nitrogens is 2. The van der Waals surface area contributed by atoms with Crippen LogP contribution in [0.4, 0.5) is 5.82 Å². The highest BCUT2D eigenvalue weighted by Gasteiger charge is 2.22. The van der Waals surface area contributed by atoms with Crippen LogP contribution in [0.5, 0.6) is 5.75 Å². The zero-order valence-corrected chi connectivity index (χ0v) is 19.4. The third-order valence-electron chi connectivity index (χ3n) is 6.36. The van der Waals surface area contributed by atoms with Gasteiger partial charge in [0.15, 0.2) is 0 Å². The lowest BCUT2D eigenvalue weighted by Crippen LogP contribution is -2.36. The van der Waals surface area contributed by atoms with E-state index in [1.54, 1.807) is 0 Å². The van der Waals surface area contributed by atoms with Gasteiger partial charge in [-0.1, -0.05) is 0 Å². The Bertz CT molecular complexity index is 1280. The standard InChI is InChI=1S/C26H28N4O4/c1-16-11-17(2)29-26(32)22(16)15-28-25(31)20-12-18-5-8-34-24(18)21(13-20)19-3-4-23(27-14-19)30-6-9-33-10-7-30/h3-4,11-14H,5-10,15H2,1-2H3,(H,28,31)(H,29,32). The Balaban J connectivity index is 1.40. The van der Waals surface area contributed by atoms with Crippen molar-refractivity contribution in [2.45, 2.75) is 26.8 Å². The molecule has 176 valence electrons. The van der Waals surface area contributed by atoms with Crippen molar-refractivity contribution < 1.29 is 14.3 Å². The van der Waals surface area contributed by atoms with Crippen molar-refractivity contribution >= 4 is 11.7 Å². The molecule has 0 bridgehead atoms. The number of hydrogen-bond donors (Lipinski definition) is 2. The van der Waals surface area contributed by atoms with Crippen molar-refractivity contribution in [1.29, 1.82) is 0 Å². The number of morpholine rings is 1. The zero-order valence-electron chi connectivity index (χ0n) is 19.4. The number of pyridine rings is 2. The lowest BCUT2D eigenvalue weighted by Gasteiger charge is -2.27. The molecule has 1 aromatic carbocycles. The number of H-pyrrole nitrogens is 1. The largest absolute Gasteiger partial charge is 0.492 e. The number of benzene rings is 1. The van der Waals surface area contributed by atoms with E-state index in [4.69, 9.17) is 9.47 Å². The smallest absolute Gasteiger partial charge is 0.253 e. The Hall–Kier alpha value is -3.65. The molecule has 1 amide bonds. The van der Waals surface area contributed by atoms with Gasteiger partial charge in [-0.3, -0.25) is 9.59 Å². The molecule has 2 N–H and O–H groups in total. The number of ether oxygens (including phenoxy) is 2. The average molecular weight is 461 g/mol. The number of amides is 1. The second-order valence-electron chi connectivity index (χ2n) is 8.74. The molecule has 3 aromatic rings. The monoisotopic (exact) mass is 460 g/mol. The van der Waals surface area contributed by atoms with E-state index >= 15 is 0 Å². The van der Waals surface area contributed by atoms with Crippen LogP contribution in [0.3, 0.4) is 0 Å². The Morgan fingerprint density at radius 1 is 1.15 bits per heavy atom. The van der Waals surface area contributed by atoms with Crippen LogP contribution in [-0.2, 0) is 17.7 Å². The summed E-state index contributed by atoms with van der Waals surface area (Å²) in [6.07, 6.45) is 2.58. The summed E-state index contributed by atoms with van der Waals surface area (Å²) >= 11 is 0. The van der Waals surface area contributed by atoms with Gasteiger partial charge >= 0.3 is 0 Å². The number of aryl methyl sites for hydroxylation is 2. The average Bonchev–Trinajstić information content (AvgIpc) is 3.32. The van der Waals surface area contributed by atoms with Crippen molar-refractivity contribution in [2.75, 3.05) is 37.8 Å². The molecule has 1 saturated heterocycles. The van der Waals surface area contributed by atoms with Gasteiger partial charge in [0.25, 0.3) is 11.5 Å². The molecule has 2 aliphatic rings. The molecule has 0 aliphatic carbocycles. The molecular weight excluding hydrogens is 432 g/mol. The van der Waals surface area contributed by atoms with E-state index in [0.717, 1.165) is 59.0 Å². The first-order chi connectivity index (χ1) is 16.5. The van der Waals surface area contributed by atoms with Crippen molar-refractivity contribution in [2.24, 2.45) is 0 Å². The molecule has 2 aromatic heterocycles. The summed E-state index contributed by atoms with van der Waals surface area (Å²) in [4.78, 5) is 35.0. The Morgan fingerprint density at radius 2 is 1.97 bits per heavy atom. The number of rotatable bonds is 5. The number of aromatic amines is 1. The van der Waals surface area contributed by atoms with E-state index in [9.17, 15) is 9.59 Å². The minimum Gasteiger partial charge on any atom is -0.492 e. The quantitative estimate of drug-likeness (QED) is 0.608. The Morgan fingerprint density at radius 3 is 2.71 bits per heavy atom. The molecule has 0 radical (unpaired) electrons. The molecular formula is C26H28N4O4. The van der Waals surface area contributed by atoms with Gasteiger partial charge < -0.3 is 24.7 Å². The van der Waals surface area contributed by atoms with Crippen LogP contribution >= 0.6 is 0 Å². The molecule has 1 fully saturated rings. The van der Waals surface area contributed by atoms with E-state index in [-0.39, 0.29) is 18.0 Å². The Kier molecular flexibility index (Phi) is 6.06. The van der Waals surface area contributed by atoms with Crippen LogP contribution in [-0.4, -0.2) is 48.8 Å². The Labute approximate surface area is 197 Å². The fourth-order valence-electron chi connectivity index (χ4n) is 4.55. The van der Waals surface area contributed by atoms with Crippen LogP contribution < -0.4 is 20.5 Å². The number of nitrogens with zero attached hydrogens (tertiary/aromatic N) is 2. The van der Waals surface area contributed by atoms with Gasteiger partial charge in [-0.2, -0.15) is 0 Å². The second kappa shape index (κ2) is 9.30. The SMILES string of the molecule is Cc1cc(C)c(CNC(=O)c2cc3c(c(-c4ccc(N5CCOCC5)nc4)c2)OCC3)c(=O)[nH]1. The van der Waals surface area contributed by atoms with Crippen LogP contribution in [0, 0.1) is 13.8 Å². The molecule has 2 aliphatic heterocycles. The minimum absolute atomic E-state index is 0.166. The maximum atomic E-state index is 13.1. The number of nitrogens with one attached hydrogen (secondary N) is 2. The maximum absolute atomic E-state index is 13.1. The van der Waals surface area contributed by atoms with Crippen LogP contribution in [0.15, 0.2) is 41.3 Å². The van der Waals surface area contributed by atoms with Gasteiger partial charge in [-0.15, -0.1) is 0 Å². The highest BCUT2D eigenvalue weighted by Crippen LogP contribution is 2.38. The number of carbonyl (C=O) groups is 1. The fraction of sp³-hybridized carbons (Fsp3) is 0.346. The van der Waals surface area contributed by atoms with Gasteiger partial charge in [0, 0.05) is 60.2 Å². The zero-order chi connectivity index (χ0) is 23.7. The highest BCUT2D eigenvalue weighted by molar-refractivity contribution is 5.96. The number of carbonyl (C=O) groups excluding carboxylic acids is 1. The molecule has 34 heavy (non-hydrogen) atoms. The molecule has 0 unspecified atom stereocenters. The molecule has 8 nitrogen and oxygen atoms in total. The minimum atomic E-state index is -0.228. The van der Waals surface area contributed by atoms with Gasteiger partial charge in [0.05, 0.1) is 19.8 Å². The lowest BCUT2D eigenvalue weighted by molar-refractivity contribution is 0.0950. The first kappa shape index (κ1) is 22.2. The third-order valence-corrected chi connectivity index (χ3v) is 6.36. The fourth-order valence-corrected chi connectivity index (χ4v) is 4.55. The van der Waals surface area contributed by atoms with Crippen LogP contribution in [0.1, 0.15) is 32.7 Å².